The van der Waals surface area contributed by atoms with Crippen LogP contribution in [-0.2, 0) is 0 Å². The normalized spacial score (nSPS) is 21.2. The maximum atomic E-state index is 11.3. The van der Waals surface area contributed by atoms with E-state index < -0.39 is 6.10 Å². The maximum absolute atomic E-state index is 11.3. The molecule has 2 heteroatoms. The Labute approximate surface area is 70.8 Å². The molecule has 1 aliphatic rings. The van der Waals surface area contributed by atoms with E-state index in [0.717, 1.165) is 11.1 Å². The first-order valence-corrected chi connectivity index (χ1v) is 4.01. The number of aliphatic hydroxyl groups excluding tert-OH is 1. The lowest BCUT2D eigenvalue weighted by atomic mass is 10.0. The Kier molecular flexibility index (Phi) is 1.51. The number of aryl methyl sites for hydroxylation is 1. The van der Waals surface area contributed by atoms with E-state index in [1.165, 1.54) is 0 Å². The van der Waals surface area contributed by atoms with Crippen LogP contribution in [0.25, 0.3) is 0 Å². The van der Waals surface area contributed by atoms with Gasteiger partial charge in [-0.15, -0.1) is 0 Å². The van der Waals surface area contributed by atoms with Crippen molar-refractivity contribution in [2.24, 2.45) is 0 Å². The van der Waals surface area contributed by atoms with Gasteiger partial charge in [-0.1, -0.05) is 18.2 Å². The van der Waals surface area contributed by atoms with Gasteiger partial charge >= 0.3 is 0 Å². The summed E-state index contributed by atoms with van der Waals surface area (Å²) >= 11 is 0. The number of hydrogen-bond acceptors (Lipinski definition) is 2. The molecule has 1 atom stereocenters. The molecule has 1 aromatic carbocycles. The minimum Gasteiger partial charge on any atom is -0.388 e. The molecule has 0 radical (unpaired) electrons. The highest BCUT2D eigenvalue weighted by atomic mass is 16.3. The quantitative estimate of drug-likeness (QED) is 0.629. The summed E-state index contributed by atoms with van der Waals surface area (Å²) in [6.45, 7) is 1.92. The van der Waals surface area contributed by atoms with Crippen molar-refractivity contribution >= 4 is 5.78 Å². The van der Waals surface area contributed by atoms with Gasteiger partial charge in [0.25, 0.3) is 0 Å². The summed E-state index contributed by atoms with van der Waals surface area (Å²) in [5.41, 5.74) is 2.52. The van der Waals surface area contributed by atoms with Crippen molar-refractivity contribution in [3.8, 4) is 0 Å². The number of benzene rings is 1. The summed E-state index contributed by atoms with van der Waals surface area (Å²) in [6, 6.07) is 5.55. The first kappa shape index (κ1) is 7.50. The Morgan fingerprint density at radius 1 is 1.50 bits per heavy atom. The van der Waals surface area contributed by atoms with E-state index in [1.807, 2.05) is 19.1 Å². The van der Waals surface area contributed by atoms with Crippen molar-refractivity contribution in [3.63, 3.8) is 0 Å². The SMILES string of the molecule is Cc1cccc2c1[C@H](O)CC2=O. The molecular weight excluding hydrogens is 152 g/mol. The van der Waals surface area contributed by atoms with E-state index >= 15 is 0 Å². The number of Topliss-reactive ketones (excluding diaryl/α,β-unsaturated/α-hetero) is 1. The fourth-order valence-corrected chi connectivity index (χ4v) is 1.75. The number of aliphatic hydroxyl groups is 1. The molecule has 2 nitrogen and oxygen atoms in total. The van der Waals surface area contributed by atoms with Gasteiger partial charge in [-0.25, -0.2) is 0 Å². The molecule has 0 aliphatic heterocycles. The maximum Gasteiger partial charge on any atom is 0.166 e. The Morgan fingerprint density at radius 3 is 2.92 bits per heavy atom. The first-order chi connectivity index (χ1) is 5.70. The third-order valence-corrected chi connectivity index (χ3v) is 2.34. The molecule has 0 aromatic heterocycles. The van der Waals surface area contributed by atoms with Crippen LogP contribution in [0, 0.1) is 6.92 Å². The first-order valence-electron chi connectivity index (χ1n) is 4.01. The molecule has 1 aromatic rings. The molecule has 0 amide bonds. The van der Waals surface area contributed by atoms with Crippen molar-refractivity contribution < 1.29 is 9.90 Å². The zero-order valence-corrected chi connectivity index (χ0v) is 6.87. The molecule has 0 bridgehead atoms. The van der Waals surface area contributed by atoms with Crippen molar-refractivity contribution in [2.75, 3.05) is 0 Å². The molecule has 0 heterocycles. The summed E-state index contributed by atoms with van der Waals surface area (Å²) in [5.74, 6) is 0.0567. The summed E-state index contributed by atoms with van der Waals surface area (Å²) in [7, 11) is 0. The third kappa shape index (κ3) is 0.883. The van der Waals surface area contributed by atoms with Crippen molar-refractivity contribution in [1.82, 2.24) is 0 Å². The van der Waals surface area contributed by atoms with Gasteiger partial charge in [-0.3, -0.25) is 4.79 Å². The second kappa shape index (κ2) is 2.42. The van der Waals surface area contributed by atoms with Crippen LogP contribution >= 0.6 is 0 Å². The minimum atomic E-state index is -0.575. The van der Waals surface area contributed by atoms with Crippen LogP contribution < -0.4 is 0 Å². The van der Waals surface area contributed by atoms with Crippen molar-refractivity contribution in [2.45, 2.75) is 19.4 Å². The minimum absolute atomic E-state index is 0.0567. The van der Waals surface area contributed by atoms with Gasteiger partial charge in [-0.2, -0.15) is 0 Å². The van der Waals surface area contributed by atoms with Crippen molar-refractivity contribution in [3.05, 3.63) is 34.9 Å². The zero-order valence-electron chi connectivity index (χ0n) is 6.87. The van der Waals surface area contributed by atoms with Gasteiger partial charge in [-0.05, 0) is 18.1 Å². The molecule has 0 saturated carbocycles. The van der Waals surface area contributed by atoms with E-state index in [2.05, 4.69) is 0 Å². The fraction of sp³-hybridized carbons (Fsp3) is 0.300. The Balaban J connectivity index is 2.67. The van der Waals surface area contributed by atoms with Crippen LogP contribution in [0.3, 0.4) is 0 Å². The monoisotopic (exact) mass is 162 g/mol. The zero-order chi connectivity index (χ0) is 8.72. The van der Waals surface area contributed by atoms with Crippen LogP contribution in [-0.4, -0.2) is 10.9 Å². The van der Waals surface area contributed by atoms with Crippen molar-refractivity contribution in [1.29, 1.82) is 0 Å². The van der Waals surface area contributed by atoms with Crippen LogP contribution in [0.5, 0.6) is 0 Å². The van der Waals surface area contributed by atoms with Crippen LogP contribution in [0.2, 0.25) is 0 Å². The Hall–Kier alpha value is -1.15. The molecule has 0 spiro atoms. The summed E-state index contributed by atoms with van der Waals surface area (Å²) in [5, 5.41) is 9.51. The van der Waals surface area contributed by atoms with Crippen LogP contribution in [0.1, 0.15) is 34.0 Å². The van der Waals surface area contributed by atoms with Gasteiger partial charge in [0.05, 0.1) is 6.10 Å². The molecular formula is C10H10O2. The molecule has 12 heavy (non-hydrogen) atoms. The van der Waals surface area contributed by atoms with E-state index in [1.54, 1.807) is 6.07 Å². The number of hydrogen-bond donors (Lipinski definition) is 1. The molecule has 62 valence electrons. The average molecular weight is 162 g/mol. The topological polar surface area (TPSA) is 37.3 Å². The van der Waals surface area contributed by atoms with E-state index in [0.29, 0.717) is 5.56 Å². The summed E-state index contributed by atoms with van der Waals surface area (Å²) < 4.78 is 0. The predicted octanol–water partition coefficient (Wildman–Crippen LogP) is 1.61. The second-order valence-electron chi connectivity index (χ2n) is 3.18. The standard InChI is InChI=1S/C10H10O2/c1-6-3-2-4-7-8(11)5-9(12)10(6)7/h2-4,9,12H,5H2,1H3/t9-/m1/s1. The van der Waals surface area contributed by atoms with Crippen LogP contribution in [0.15, 0.2) is 18.2 Å². The molecule has 1 N–H and O–H groups in total. The smallest absolute Gasteiger partial charge is 0.166 e. The molecule has 0 unspecified atom stereocenters. The third-order valence-electron chi connectivity index (χ3n) is 2.34. The van der Waals surface area contributed by atoms with E-state index in [4.69, 9.17) is 0 Å². The predicted molar refractivity (Wildman–Crippen MR) is 45.1 cm³/mol. The van der Waals surface area contributed by atoms with Gasteiger partial charge in [0, 0.05) is 12.0 Å². The number of rotatable bonds is 0. The number of fused-ring (bicyclic) bond motifs is 1. The van der Waals surface area contributed by atoms with Crippen LogP contribution in [0.4, 0.5) is 0 Å². The molecule has 1 aliphatic carbocycles. The molecule has 2 rings (SSSR count). The number of carbonyl (C=O) groups is 1. The Morgan fingerprint density at radius 2 is 2.25 bits per heavy atom. The summed E-state index contributed by atoms with van der Waals surface area (Å²) in [6.07, 6.45) is -0.325. The van der Waals surface area contributed by atoms with E-state index in [9.17, 15) is 9.90 Å². The Bertz CT molecular complexity index is 342. The lowest BCUT2D eigenvalue weighted by Gasteiger charge is -2.05. The largest absolute Gasteiger partial charge is 0.388 e. The van der Waals surface area contributed by atoms with Gasteiger partial charge in [0.1, 0.15) is 0 Å². The molecule has 0 fully saturated rings. The summed E-state index contributed by atoms with van der Waals surface area (Å²) in [4.78, 5) is 11.3. The molecule has 0 saturated heterocycles. The highest BCUT2D eigenvalue weighted by molar-refractivity contribution is 6.01. The van der Waals surface area contributed by atoms with Gasteiger partial charge < -0.3 is 5.11 Å². The second-order valence-corrected chi connectivity index (χ2v) is 3.18. The van der Waals surface area contributed by atoms with Gasteiger partial charge in [0.15, 0.2) is 5.78 Å². The number of carbonyl (C=O) groups excluding carboxylic acids is 1. The number of ketones is 1. The lowest BCUT2D eigenvalue weighted by Crippen LogP contribution is -1.93. The van der Waals surface area contributed by atoms with E-state index in [-0.39, 0.29) is 12.2 Å². The lowest BCUT2D eigenvalue weighted by molar-refractivity contribution is 0.0930. The highest BCUT2D eigenvalue weighted by Gasteiger charge is 2.28. The fourth-order valence-electron chi connectivity index (χ4n) is 1.75. The van der Waals surface area contributed by atoms with Gasteiger partial charge in [0.2, 0.25) is 0 Å². The highest BCUT2D eigenvalue weighted by Crippen LogP contribution is 2.32. The average Bonchev–Trinajstić information content (AvgIpc) is 2.29.